The second-order valence-corrected chi connectivity index (χ2v) is 9.48. The zero-order chi connectivity index (χ0) is 21.8. The van der Waals surface area contributed by atoms with Crippen molar-refractivity contribution in [2.75, 3.05) is 25.0 Å². The molecule has 0 bridgehead atoms. The van der Waals surface area contributed by atoms with E-state index in [1.807, 2.05) is 0 Å². The molecule has 0 saturated carbocycles. The average molecular weight is 440 g/mol. The van der Waals surface area contributed by atoms with Crippen molar-refractivity contribution in [3.05, 3.63) is 39.3 Å². The third-order valence-corrected chi connectivity index (χ3v) is 7.35. The molecule has 0 aliphatic carbocycles. The van der Waals surface area contributed by atoms with E-state index in [-0.39, 0.29) is 4.90 Å². The predicted molar refractivity (Wildman–Crippen MR) is 112 cm³/mol. The highest BCUT2D eigenvalue weighted by Crippen LogP contribution is 2.23. The smallest absolute Gasteiger partial charge is 0.350 e. The summed E-state index contributed by atoms with van der Waals surface area (Å²) < 4.78 is 31.8. The van der Waals surface area contributed by atoms with Gasteiger partial charge in [-0.2, -0.15) is 4.31 Å². The van der Waals surface area contributed by atoms with Crippen molar-refractivity contribution >= 4 is 38.9 Å². The van der Waals surface area contributed by atoms with E-state index in [2.05, 4.69) is 10.3 Å². The molecule has 1 aromatic carbocycles. The number of anilines is 1. The maximum absolute atomic E-state index is 12.7. The molecule has 0 fully saturated rings. The van der Waals surface area contributed by atoms with Crippen LogP contribution in [0, 0.1) is 20.8 Å². The zero-order valence-electron chi connectivity index (χ0n) is 17.1. The van der Waals surface area contributed by atoms with Gasteiger partial charge in [-0.15, -0.1) is 11.3 Å². The molecule has 0 aliphatic heterocycles. The summed E-state index contributed by atoms with van der Waals surface area (Å²) in [6.45, 7) is 8.97. The van der Waals surface area contributed by atoms with Crippen molar-refractivity contribution in [3.8, 4) is 0 Å². The minimum atomic E-state index is -3.65. The molecule has 1 N–H and O–H groups in total. The molecular weight excluding hydrogens is 414 g/mol. The summed E-state index contributed by atoms with van der Waals surface area (Å²) in [5, 5.41) is 3.35. The largest absolute Gasteiger partial charge is 0.451 e. The number of carbonyl (C=O) groups is 2. The highest BCUT2D eigenvalue weighted by Gasteiger charge is 2.23. The topological polar surface area (TPSA) is 106 Å². The van der Waals surface area contributed by atoms with Gasteiger partial charge in [-0.3, -0.25) is 4.79 Å². The number of benzene rings is 1. The fourth-order valence-corrected chi connectivity index (χ4v) is 5.01. The van der Waals surface area contributed by atoms with E-state index in [0.717, 1.165) is 5.01 Å². The number of ether oxygens (including phenoxy) is 1. The van der Waals surface area contributed by atoms with Crippen LogP contribution in [-0.2, 0) is 19.6 Å². The number of aryl methyl sites for hydroxylation is 3. The monoisotopic (exact) mass is 439 g/mol. The van der Waals surface area contributed by atoms with E-state index in [0.29, 0.717) is 34.9 Å². The molecular formula is C19H25N3O5S2. The van der Waals surface area contributed by atoms with Crippen molar-refractivity contribution < 1.29 is 22.7 Å². The number of hydrogen-bond donors (Lipinski definition) is 1. The summed E-state index contributed by atoms with van der Waals surface area (Å²) in [7, 11) is -3.65. The number of rotatable bonds is 8. The second kappa shape index (κ2) is 9.47. The van der Waals surface area contributed by atoms with Gasteiger partial charge in [0.2, 0.25) is 10.0 Å². The quantitative estimate of drug-likeness (QED) is 0.634. The molecule has 0 spiro atoms. The highest BCUT2D eigenvalue weighted by molar-refractivity contribution is 7.89. The molecule has 10 heteroatoms. The fourth-order valence-electron chi connectivity index (χ4n) is 2.71. The molecule has 0 atom stereocenters. The zero-order valence-corrected chi connectivity index (χ0v) is 18.7. The van der Waals surface area contributed by atoms with Crippen LogP contribution < -0.4 is 5.32 Å². The lowest BCUT2D eigenvalue weighted by Crippen LogP contribution is -2.30. The average Bonchev–Trinajstić information content (AvgIpc) is 3.00. The first-order chi connectivity index (χ1) is 13.6. The Morgan fingerprint density at radius 1 is 1.17 bits per heavy atom. The molecule has 0 unspecified atom stereocenters. The molecule has 1 amide bonds. The van der Waals surface area contributed by atoms with Gasteiger partial charge in [0.15, 0.2) is 6.61 Å². The van der Waals surface area contributed by atoms with Crippen LogP contribution in [0.3, 0.4) is 0 Å². The Hall–Kier alpha value is -2.30. The number of thiazole rings is 1. The number of nitrogens with one attached hydrogen (secondary N) is 1. The highest BCUT2D eigenvalue weighted by atomic mass is 32.2. The number of hydrogen-bond acceptors (Lipinski definition) is 7. The Bertz CT molecular complexity index is 1010. The molecule has 0 saturated heterocycles. The van der Waals surface area contributed by atoms with Crippen LogP contribution in [0.1, 0.15) is 39.8 Å². The third kappa shape index (κ3) is 5.40. The minimum absolute atomic E-state index is 0.0925. The lowest BCUT2D eigenvalue weighted by Gasteiger charge is -2.19. The van der Waals surface area contributed by atoms with E-state index in [1.165, 1.54) is 27.8 Å². The van der Waals surface area contributed by atoms with E-state index in [9.17, 15) is 18.0 Å². The van der Waals surface area contributed by atoms with Gasteiger partial charge in [-0.25, -0.2) is 18.2 Å². The molecule has 8 nitrogen and oxygen atoms in total. The Balaban J connectivity index is 2.10. The van der Waals surface area contributed by atoms with Crippen LogP contribution in [0.25, 0.3) is 0 Å². The number of aromatic nitrogens is 1. The Morgan fingerprint density at radius 3 is 2.38 bits per heavy atom. The first-order valence-corrected chi connectivity index (χ1v) is 11.4. The number of nitrogens with zero attached hydrogens (tertiary/aromatic N) is 2. The first-order valence-electron chi connectivity index (χ1n) is 9.11. The minimum Gasteiger partial charge on any atom is -0.451 e. The second-order valence-electron chi connectivity index (χ2n) is 6.34. The van der Waals surface area contributed by atoms with Crippen molar-refractivity contribution in [2.24, 2.45) is 0 Å². The Labute approximate surface area is 175 Å². The maximum Gasteiger partial charge on any atom is 0.350 e. The SMILES string of the molecule is CCN(CC)S(=O)(=O)c1ccc(C)c(NC(=O)COC(=O)c2sc(C)nc2C)c1. The van der Waals surface area contributed by atoms with E-state index in [4.69, 9.17) is 4.74 Å². The van der Waals surface area contributed by atoms with E-state index < -0.39 is 28.5 Å². The molecule has 2 aromatic rings. The van der Waals surface area contributed by atoms with Crippen molar-refractivity contribution in [2.45, 2.75) is 39.5 Å². The van der Waals surface area contributed by atoms with Gasteiger partial charge < -0.3 is 10.1 Å². The maximum atomic E-state index is 12.7. The number of carbonyl (C=O) groups excluding carboxylic acids is 2. The summed E-state index contributed by atoms with van der Waals surface area (Å²) in [6.07, 6.45) is 0. The van der Waals surface area contributed by atoms with Crippen LogP contribution >= 0.6 is 11.3 Å². The van der Waals surface area contributed by atoms with Crippen molar-refractivity contribution in [3.63, 3.8) is 0 Å². The molecule has 29 heavy (non-hydrogen) atoms. The molecule has 1 heterocycles. The van der Waals surface area contributed by atoms with E-state index >= 15 is 0 Å². The third-order valence-electron chi connectivity index (χ3n) is 4.25. The Kier molecular flexibility index (Phi) is 7.50. The number of amides is 1. The molecule has 1 aromatic heterocycles. The Morgan fingerprint density at radius 2 is 1.83 bits per heavy atom. The van der Waals surface area contributed by atoms with Gasteiger partial charge in [-0.1, -0.05) is 19.9 Å². The predicted octanol–water partition coefficient (Wildman–Crippen LogP) is 2.89. The standard InChI is InChI=1S/C19H25N3O5S2/c1-6-22(7-2)29(25,26)15-9-8-12(3)16(10-15)21-17(23)11-27-19(24)18-13(4)20-14(5)28-18/h8-10H,6-7,11H2,1-5H3,(H,21,23). The van der Waals surface area contributed by atoms with E-state index in [1.54, 1.807) is 40.7 Å². The van der Waals surface area contributed by atoms with Gasteiger partial charge in [0.1, 0.15) is 4.88 Å². The van der Waals surface area contributed by atoms with Crippen LogP contribution in [0.4, 0.5) is 5.69 Å². The molecule has 0 radical (unpaired) electrons. The normalized spacial score (nSPS) is 11.5. The van der Waals surface area contributed by atoms with Gasteiger partial charge in [0.25, 0.3) is 5.91 Å². The summed E-state index contributed by atoms with van der Waals surface area (Å²) in [5.41, 5.74) is 1.60. The number of esters is 1. The van der Waals surface area contributed by atoms with Crippen molar-refractivity contribution in [1.29, 1.82) is 0 Å². The summed E-state index contributed by atoms with van der Waals surface area (Å²) in [5.74, 6) is -1.17. The van der Waals surface area contributed by atoms with Crippen LogP contribution in [0.2, 0.25) is 0 Å². The molecule has 158 valence electrons. The molecule has 2 rings (SSSR count). The van der Waals surface area contributed by atoms with Gasteiger partial charge in [0.05, 0.1) is 15.6 Å². The van der Waals surface area contributed by atoms with Gasteiger partial charge in [-0.05, 0) is 38.5 Å². The van der Waals surface area contributed by atoms with Crippen LogP contribution in [0.5, 0.6) is 0 Å². The summed E-state index contributed by atoms with van der Waals surface area (Å²) in [4.78, 5) is 29.0. The van der Waals surface area contributed by atoms with Crippen LogP contribution in [0.15, 0.2) is 23.1 Å². The van der Waals surface area contributed by atoms with Crippen molar-refractivity contribution in [1.82, 2.24) is 9.29 Å². The first kappa shape index (κ1) is 23.0. The summed E-state index contributed by atoms with van der Waals surface area (Å²) in [6, 6.07) is 4.55. The molecule has 0 aliphatic rings. The van der Waals surface area contributed by atoms with Gasteiger partial charge >= 0.3 is 5.97 Å². The lowest BCUT2D eigenvalue weighted by atomic mass is 10.2. The lowest BCUT2D eigenvalue weighted by molar-refractivity contribution is -0.119. The van der Waals surface area contributed by atoms with Crippen LogP contribution in [-0.4, -0.2) is 49.3 Å². The summed E-state index contributed by atoms with van der Waals surface area (Å²) >= 11 is 1.20. The number of sulfonamides is 1. The fraction of sp³-hybridized carbons (Fsp3) is 0.421. The van der Waals surface area contributed by atoms with Gasteiger partial charge in [0, 0.05) is 18.8 Å².